The van der Waals surface area contributed by atoms with Gasteiger partial charge in [0.15, 0.2) is 0 Å². The third-order valence-electron chi connectivity index (χ3n) is 6.20. The zero-order valence-electron chi connectivity index (χ0n) is 18.5. The van der Waals surface area contributed by atoms with E-state index in [0.717, 1.165) is 34.7 Å². The molecule has 0 bridgehead atoms. The van der Waals surface area contributed by atoms with Crippen LogP contribution >= 0.6 is 0 Å². The van der Waals surface area contributed by atoms with Gasteiger partial charge in [-0.15, -0.1) is 0 Å². The number of sulfonamides is 1. The van der Waals surface area contributed by atoms with Crippen LogP contribution in [0.4, 0.5) is 8.78 Å². The molecule has 1 aliphatic rings. The maximum atomic E-state index is 15.1. The van der Waals surface area contributed by atoms with Crippen LogP contribution < -0.4 is 9.47 Å². The van der Waals surface area contributed by atoms with Gasteiger partial charge in [0.1, 0.15) is 28.0 Å². The summed E-state index contributed by atoms with van der Waals surface area (Å²) in [6.45, 7) is 0.0676. The van der Waals surface area contributed by atoms with Crippen LogP contribution in [0.1, 0.15) is 22.9 Å². The van der Waals surface area contributed by atoms with Crippen molar-refractivity contribution in [3.8, 4) is 11.5 Å². The number of nitrogens with zero attached hydrogens (tertiary/aromatic N) is 1. The molecule has 5 rings (SSSR count). The minimum Gasteiger partial charge on any atom is -0.497 e. The lowest BCUT2D eigenvalue weighted by atomic mass is 9.94. The largest absolute Gasteiger partial charge is 0.497 e. The van der Waals surface area contributed by atoms with Crippen LogP contribution in [0.15, 0.2) is 65.6 Å². The number of nitrogens with one attached hydrogen (secondary N) is 1. The SMILES string of the molecule is COc1ccc(OC)c(S(=O)(=O)N2CCc3c([nH]c4ccccc34)C2c2cc(F)ccc2F)c1. The van der Waals surface area contributed by atoms with Crippen molar-refractivity contribution in [2.75, 3.05) is 20.8 Å². The van der Waals surface area contributed by atoms with Crippen molar-refractivity contribution in [1.82, 2.24) is 9.29 Å². The van der Waals surface area contributed by atoms with Crippen molar-refractivity contribution >= 4 is 20.9 Å². The van der Waals surface area contributed by atoms with Crippen LogP contribution in [0.3, 0.4) is 0 Å². The molecule has 0 aliphatic carbocycles. The average molecular weight is 485 g/mol. The zero-order valence-corrected chi connectivity index (χ0v) is 19.3. The number of rotatable bonds is 5. The van der Waals surface area contributed by atoms with Crippen LogP contribution in [-0.4, -0.2) is 38.5 Å². The van der Waals surface area contributed by atoms with Crippen molar-refractivity contribution < 1.29 is 26.7 Å². The average Bonchev–Trinajstić information content (AvgIpc) is 3.23. The molecule has 1 N–H and O–H groups in total. The second-order valence-electron chi connectivity index (χ2n) is 8.01. The van der Waals surface area contributed by atoms with Gasteiger partial charge in [0.25, 0.3) is 0 Å². The summed E-state index contributed by atoms with van der Waals surface area (Å²) in [6, 6.07) is 14.0. The molecule has 3 aromatic carbocycles. The lowest BCUT2D eigenvalue weighted by molar-refractivity contribution is 0.328. The molecule has 1 aliphatic heterocycles. The molecule has 9 heteroatoms. The van der Waals surface area contributed by atoms with Gasteiger partial charge in [-0.1, -0.05) is 18.2 Å². The van der Waals surface area contributed by atoms with Crippen LogP contribution in [0.2, 0.25) is 0 Å². The number of halogens is 2. The summed E-state index contributed by atoms with van der Waals surface area (Å²) in [5, 5.41) is 0.926. The molecule has 0 radical (unpaired) electrons. The molecule has 6 nitrogen and oxygen atoms in total. The van der Waals surface area contributed by atoms with Crippen molar-refractivity contribution in [2.24, 2.45) is 0 Å². The molecular weight excluding hydrogens is 462 g/mol. The molecule has 4 aromatic rings. The highest BCUT2D eigenvalue weighted by Gasteiger charge is 2.41. The van der Waals surface area contributed by atoms with E-state index in [4.69, 9.17) is 9.47 Å². The number of para-hydroxylation sites is 1. The van der Waals surface area contributed by atoms with Crippen LogP contribution in [0, 0.1) is 11.6 Å². The maximum absolute atomic E-state index is 15.1. The lowest BCUT2D eigenvalue weighted by Crippen LogP contribution is -2.41. The number of aromatic amines is 1. The Bertz CT molecular complexity index is 1500. The topological polar surface area (TPSA) is 71.6 Å². The highest BCUT2D eigenvalue weighted by atomic mass is 32.2. The number of aromatic nitrogens is 1. The molecule has 2 heterocycles. The Morgan fingerprint density at radius 2 is 1.79 bits per heavy atom. The molecule has 34 heavy (non-hydrogen) atoms. The summed E-state index contributed by atoms with van der Waals surface area (Å²) in [7, 11) is -1.42. The molecule has 0 fully saturated rings. The van der Waals surface area contributed by atoms with E-state index in [1.165, 1.54) is 30.7 Å². The van der Waals surface area contributed by atoms with Crippen molar-refractivity contribution in [3.63, 3.8) is 0 Å². The summed E-state index contributed by atoms with van der Waals surface area (Å²) in [5.74, 6) is -0.899. The third kappa shape index (κ3) is 3.52. The number of hydrogen-bond acceptors (Lipinski definition) is 4. The van der Waals surface area contributed by atoms with Crippen LogP contribution in [-0.2, 0) is 16.4 Å². The molecule has 1 unspecified atom stereocenters. The first-order valence-electron chi connectivity index (χ1n) is 10.6. The van der Waals surface area contributed by atoms with E-state index >= 15 is 4.39 Å². The van der Waals surface area contributed by atoms with Crippen molar-refractivity contribution in [2.45, 2.75) is 17.4 Å². The fourth-order valence-electron chi connectivity index (χ4n) is 4.62. The second-order valence-corrected chi connectivity index (χ2v) is 9.87. The van der Waals surface area contributed by atoms with Crippen molar-refractivity contribution in [3.05, 3.63) is 89.1 Å². The summed E-state index contributed by atoms with van der Waals surface area (Å²) in [4.78, 5) is 3.15. The minimum atomic E-state index is -4.23. The summed E-state index contributed by atoms with van der Waals surface area (Å²) >= 11 is 0. The predicted molar refractivity (Wildman–Crippen MR) is 124 cm³/mol. The predicted octanol–water partition coefficient (Wildman–Crippen LogP) is 4.80. The molecular formula is C25H22F2N2O4S. The Morgan fingerprint density at radius 1 is 1.00 bits per heavy atom. The van der Waals surface area contributed by atoms with Gasteiger partial charge in [-0.25, -0.2) is 17.2 Å². The fraction of sp³-hybridized carbons (Fsp3) is 0.200. The number of fused-ring (bicyclic) bond motifs is 3. The Labute approximate surface area is 195 Å². The lowest BCUT2D eigenvalue weighted by Gasteiger charge is -2.35. The zero-order chi connectivity index (χ0) is 24.0. The van der Waals surface area contributed by atoms with Gasteiger partial charge in [0, 0.05) is 34.8 Å². The van der Waals surface area contributed by atoms with Gasteiger partial charge >= 0.3 is 0 Å². The van der Waals surface area contributed by atoms with E-state index in [1.54, 1.807) is 6.07 Å². The minimum absolute atomic E-state index is 0.0676. The molecule has 0 saturated heterocycles. The summed E-state index contributed by atoms with van der Waals surface area (Å²) in [5.41, 5.74) is 2.13. The standard InChI is InChI=1S/C25H22F2N2O4S/c1-32-16-8-10-22(33-2)23(14-16)34(30,31)29-12-11-18-17-5-3-4-6-21(17)28-24(18)25(29)19-13-15(26)7-9-20(19)27/h3-10,13-14,25,28H,11-12H2,1-2H3. The van der Waals surface area contributed by atoms with Crippen molar-refractivity contribution in [1.29, 1.82) is 0 Å². The van der Waals surface area contributed by atoms with Crippen LogP contribution in [0.5, 0.6) is 11.5 Å². The first-order valence-corrected chi connectivity index (χ1v) is 12.1. The first kappa shape index (κ1) is 22.4. The highest BCUT2D eigenvalue weighted by molar-refractivity contribution is 7.89. The number of methoxy groups -OCH3 is 2. The van der Waals surface area contributed by atoms with Crippen LogP contribution in [0.25, 0.3) is 10.9 Å². The molecule has 0 saturated carbocycles. The number of ether oxygens (including phenoxy) is 2. The van der Waals surface area contributed by atoms with E-state index in [0.29, 0.717) is 17.9 Å². The molecule has 176 valence electrons. The first-order chi connectivity index (χ1) is 16.3. The van der Waals surface area contributed by atoms with Gasteiger partial charge in [-0.2, -0.15) is 4.31 Å². The van der Waals surface area contributed by atoms with Gasteiger partial charge in [0.05, 0.1) is 20.3 Å². The Morgan fingerprint density at radius 3 is 2.56 bits per heavy atom. The van der Waals surface area contributed by atoms with E-state index in [9.17, 15) is 12.8 Å². The summed E-state index contributed by atoms with van der Waals surface area (Å²) in [6.07, 6.45) is 0.401. The van der Waals surface area contributed by atoms with Gasteiger partial charge in [0.2, 0.25) is 10.0 Å². The second kappa shape index (κ2) is 8.41. The molecule has 0 amide bonds. The number of H-pyrrole nitrogens is 1. The quantitative estimate of drug-likeness (QED) is 0.442. The summed E-state index contributed by atoms with van der Waals surface area (Å²) < 4.78 is 69.1. The number of hydrogen-bond donors (Lipinski definition) is 1. The smallest absolute Gasteiger partial charge is 0.247 e. The van der Waals surface area contributed by atoms with E-state index < -0.39 is 27.7 Å². The van der Waals surface area contributed by atoms with Gasteiger partial charge in [-0.05, 0) is 48.4 Å². The van der Waals surface area contributed by atoms with E-state index in [-0.39, 0.29) is 22.8 Å². The molecule has 1 atom stereocenters. The van der Waals surface area contributed by atoms with Gasteiger partial charge in [-0.3, -0.25) is 0 Å². The highest BCUT2D eigenvalue weighted by Crippen LogP contribution is 2.43. The Hall–Kier alpha value is -3.43. The maximum Gasteiger partial charge on any atom is 0.247 e. The van der Waals surface area contributed by atoms with E-state index in [2.05, 4.69) is 4.98 Å². The Balaban J connectivity index is 1.76. The third-order valence-corrected chi connectivity index (χ3v) is 8.09. The molecule has 0 spiro atoms. The monoisotopic (exact) mass is 484 g/mol. The Kier molecular flexibility index (Phi) is 5.53. The van der Waals surface area contributed by atoms with Gasteiger partial charge < -0.3 is 14.5 Å². The fourth-order valence-corrected chi connectivity index (χ4v) is 6.38. The number of benzene rings is 3. The van der Waals surface area contributed by atoms with E-state index in [1.807, 2.05) is 24.3 Å². The molecule has 1 aromatic heterocycles. The normalized spacial score (nSPS) is 16.4.